The lowest BCUT2D eigenvalue weighted by Crippen LogP contribution is -2.34. The zero-order chi connectivity index (χ0) is 15.5. The van der Waals surface area contributed by atoms with Crippen molar-refractivity contribution in [2.45, 2.75) is 44.6 Å². The molecule has 0 bridgehead atoms. The smallest absolute Gasteiger partial charge is 0.407 e. The summed E-state index contributed by atoms with van der Waals surface area (Å²) in [6, 6.07) is 10.2. The Morgan fingerprint density at radius 1 is 1.38 bits per heavy atom. The second kappa shape index (κ2) is 6.06. The largest absolute Gasteiger partial charge is 0.444 e. The molecule has 116 valence electrons. The molecule has 2 rings (SSSR count). The van der Waals surface area contributed by atoms with Gasteiger partial charge in [-0.1, -0.05) is 30.3 Å². The highest BCUT2D eigenvalue weighted by Crippen LogP contribution is 2.56. The summed E-state index contributed by atoms with van der Waals surface area (Å²) in [4.78, 5) is 11.7. The van der Waals surface area contributed by atoms with Crippen LogP contribution in [0.25, 0.3) is 0 Å². The molecule has 1 fully saturated rings. The first kappa shape index (κ1) is 15.8. The standard InChI is InChI=1S/C17H25NO3/c1-16(2,3)21-15(20)18-10-9-17(11-14(17)12-19)13-7-5-4-6-8-13/h4-8,14,19H,9-12H2,1-3H3,(H,18,20). The Labute approximate surface area is 126 Å². The first-order valence-corrected chi connectivity index (χ1v) is 7.51. The van der Waals surface area contributed by atoms with Crippen LogP contribution >= 0.6 is 0 Å². The average Bonchev–Trinajstić information content (AvgIpc) is 3.13. The van der Waals surface area contributed by atoms with Gasteiger partial charge in [0.2, 0.25) is 0 Å². The van der Waals surface area contributed by atoms with Crippen LogP contribution in [0.2, 0.25) is 0 Å². The Morgan fingerprint density at radius 2 is 2.05 bits per heavy atom. The average molecular weight is 291 g/mol. The van der Waals surface area contributed by atoms with Crippen molar-refractivity contribution >= 4 is 6.09 Å². The van der Waals surface area contributed by atoms with Gasteiger partial charge in [-0.2, -0.15) is 0 Å². The van der Waals surface area contributed by atoms with Gasteiger partial charge in [-0.3, -0.25) is 0 Å². The molecule has 1 aliphatic carbocycles. The lowest BCUT2D eigenvalue weighted by Gasteiger charge is -2.21. The number of hydrogen-bond donors (Lipinski definition) is 2. The van der Waals surface area contributed by atoms with Gasteiger partial charge in [0.25, 0.3) is 0 Å². The second-order valence-corrected chi connectivity index (χ2v) is 6.78. The molecular weight excluding hydrogens is 266 g/mol. The van der Waals surface area contributed by atoms with Crippen LogP contribution < -0.4 is 5.32 Å². The van der Waals surface area contributed by atoms with Gasteiger partial charge in [0, 0.05) is 18.6 Å². The lowest BCUT2D eigenvalue weighted by atomic mass is 9.90. The van der Waals surface area contributed by atoms with Crippen LogP contribution in [0.3, 0.4) is 0 Å². The van der Waals surface area contributed by atoms with Crippen LogP contribution in [0, 0.1) is 5.92 Å². The summed E-state index contributed by atoms with van der Waals surface area (Å²) in [5.41, 5.74) is 0.773. The fourth-order valence-corrected chi connectivity index (χ4v) is 2.90. The highest BCUT2D eigenvalue weighted by Gasteiger charge is 2.53. The Hall–Kier alpha value is -1.55. The fourth-order valence-electron chi connectivity index (χ4n) is 2.90. The molecule has 1 aromatic carbocycles. The maximum Gasteiger partial charge on any atom is 0.407 e. The minimum absolute atomic E-state index is 0.00498. The molecule has 1 aliphatic rings. The molecule has 2 N–H and O–H groups in total. The number of aliphatic hydroxyl groups is 1. The predicted molar refractivity (Wildman–Crippen MR) is 82.2 cm³/mol. The van der Waals surface area contributed by atoms with E-state index in [0.717, 1.165) is 12.8 Å². The van der Waals surface area contributed by atoms with Gasteiger partial charge in [-0.05, 0) is 45.1 Å². The van der Waals surface area contributed by atoms with Crippen LogP contribution in [-0.2, 0) is 10.2 Å². The van der Waals surface area contributed by atoms with Gasteiger partial charge in [-0.25, -0.2) is 4.79 Å². The number of carbonyl (C=O) groups is 1. The number of alkyl carbamates (subject to hydrolysis) is 1. The highest BCUT2D eigenvalue weighted by molar-refractivity contribution is 5.67. The second-order valence-electron chi connectivity index (χ2n) is 6.78. The van der Waals surface area contributed by atoms with Crippen molar-refractivity contribution in [2.24, 2.45) is 5.92 Å². The number of carbonyl (C=O) groups excluding carboxylic acids is 1. The molecule has 1 aromatic rings. The monoisotopic (exact) mass is 291 g/mol. The Kier molecular flexibility index (Phi) is 4.57. The SMILES string of the molecule is CC(C)(C)OC(=O)NCCC1(c2ccccc2)CC1CO. The molecule has 4 nitrogen and oxygen atoms in total. The minimum atomic E-state index is -0.478. The first-order valence-electron chi connectivity index (χ1n) is 7.51. The summed E-state index contributed by atoms with van der Waals surface area (Å²) in [6.45, 7) is 6.30. The fraction of sp³-hybridized carbons (Fsp3) is 0.588. The molecule has 2 unspecified atom stereocenters. The minimum Gasteiger partial charge on any atom is -0.444 e. The van der Waals surface area contributed by atoms with Gasteiger partial charge in [0.05, 0.1) is 0 Å². The van der Waals surface area contributed by atoms with E-state index in [4.69, 9.17) is 4.74 Å². The summed E-state index contributed by atoms with van der Waals surface area (Å²) >= 11 is 0. The van der Waals surface area contributed by atoms with E-state index >= 15 is 0 Å². The molecule has 0 aromatic heterocycles. The summed E-state index contributed by atoms with van der Waals surface area (Å²) in [6.07, 6.45) is 1.41. The topological polar surface area (TPSA) is 58.6 Å². The molecular formula is C17H25NO3. The van der Waals surface area contributed by atoms with E-state index < -0.39 is 5.60 Å². The van der Waals surface area contributed by atoms with Crippen LogP contribution in [0.5, 0.6) is 0 Å². The van der Waals surface area contributed by atoms with E-state index in [0.29, 0.717) is 12.5 Å². The summed E-state index contributed by atoms with van der Waals surface area (Å²) in [5, 5.41) is 12.3. The summed E-state index contributed by atoms with van der Waals surface area (Å²) in [5.74, 6) is 0.292. The first-order chi connectivity index (χ1) is 9.87. The quantitative estimate of drug-likeness (QED) is 0.877. The predicted octanol–water partition coefficient (Wildman–Crippen LogP) is 2.85. The van der Waals surface area contributed by atoms with Gasteiger partial charge in [-0.15, -0.1) is 0 Å². The Bertz CT molecular complexity index is 481. The molecule has 2 atom stereocenters. The van der Waals surface area contributed by atoms with E-state index in [1.54, 1.807) is 0 Å². The van der Waals surface area contributed by atoms with Crippen molar-refractivity contribution in [2.75, 3.05) is 13.2 Å². The van der Waals surface area contributed by atoms with E-state index in [9.17, 15) is 9.90 Å². The van der Waals surface area contributed by atoms with E-state index in [1.807, 2.05) is 39.0 Å². The lowest BCUT2D eigenvalue weighted by molar-refractivity contribution is 0.0525. The number of rotatable bonds is 5. The van der Waals surface area contributed by atoms with Crippen LogP contribution in [0.15, 0.2) is 30.3 Å². The Morgan fingerprint density at radius 3 is 2.57 bits per heavy atom. The number of benzene rings is 1. The number of hydrogen-bond acceptors (Lipinski definition) is 3. The van der Waals surface area contributed by atoms with Gasteiger partial charge in [0.15, 0.2) is 0 Å². The number of amides is 1. The van der Waals surface area contributed by atoms with Crippen molar-refractivity contribution in [3.8, 4) is 0 Å². The van der Waals surface area contributed by atoms with Crippen LogP contribution in [-0.4, -0.2) is 30.0 Å². The number of ether oxygens (including phenoxy) is 1. The van der Waals surface area contributed by atoms with Crippen molar-refractivity contribution in [3.05, 3.63) is 35.9 Å². The third-order valence-corrected chi connectivity index (χ3v) is 4.04. The Balaban J connectivity index is 1.90. The van der Waals surface area contributed by atoms with E-state index in [2.05, 4.69) is 17.4 Å². The number of aliphatic hydroxyl groups excluding tert-OH is 1. The third kappa shape index (κ3) is 3.97. The molecule has 21 heavy (non-hydrogen) atoms. The van der Waals surface area contributed by atoms with Gasteiger partial charge < -0.3 is 15.2 Å². The molecule has 0 aliphatic heterocycles. The van der Waals surface area contributed by atoms with Gasteiger partial charge in [0.1, 0.15) is 5.60 Å². The zero-order valence-electron chi connectivity index (χ0n) is 13.1. The molecule has 0 heterocycles. The molecule has 4 heteroatoms. The van der Waals surface area contributed by atoms with Crippen molar-refractivity contribution in [1.82, 2.24) is 5.32 Å². The van der Waals surface area contributed by atoms with Gasteiger partial charge >= 0.3 is 6.09 Å². The van der Waals surface area contributed by atoms with Crippen molar-refractivity contribution in [3.63, 3.8) is 0 Å². The normalized spacial score (nSPS) is 24.5. The highest BCUT2D eigenvalue weighted by atomic mass is 16.6. The number of nitrogens with one attached hydrogen (secondary N) is 1. The molecule has 1 saturated carbocycles. The van der Waals surface area contributed by atoms with Crippen LogP contribution in [0.4, 0.5) is 4.79 Å². The summed E-state index contributed by atoms with van der Waals surface area (Å²) in [7, 11) is 0. The molecule has 1 amide bonds. The maximum atomic E-state index is 11.7. The maximum absolute atomic E-state index is 11.7. The third-order valence-electron chi connectivity index (χ3n) is 4.04. The van der Waals surface area contributed by atoms with Crippen molar-refractivity contribution < 1.29 is 14.6 Å². The zero-order valence-corrected chi connectivity index (χ0v) is 13.1. The molecule has 0 spiro atoms. The van der Waals surface area contributed by atoms with E-state index in [1.165, 1.54) is 5.56 Å². The van der Waals surface area contributed by atoms with Crippen molar-refractivity contribution in [1.29, 1.82) is 0 Å². The van der Waals surface area contributed by atoms with Crippen LogP contribution in [0.1, 0.15) is 39.2 Å². The summed E-state index contributed by atoms with van der Waals surface area (Å²) < 4.78 is 5.23. The molecule has 0 saturated heterocycles. The van der Waals surface area contributed by atoms with E-state index in [-0.39, 0.29) is 18.1 Å². The molecule has 0 radical (unpaired) electrons.